The monoisotopic (exact) mass is 362 g/mol. The molecule has 0 bridgehead atoms. The zero-order valence-electron chi connectivity index (χ0n) is 15.7. The SMILES string of the molecule is C#CCN1CCN(C(=O)c2nn(-c3ccccc3)c3c2CCCCC3)CC1. The Labute approximate surface area is 161 Å². The number of fused-ring (bicyclic) bond motifs is 1. The predicted octanol–water partition coefficient (Wildman–Crippen LogP) is 2.53. The fraction of sp³-hybridized carbons (Fsp3) is 0.455. The van der Waals surface area contributed by atoms with Crippen molar-refractivity contribution < 1.29 is 4.79 Å². The maximum atomic E-state index is 13.3. The minimum Gasteiger partial charge on any atom is -0.335 e. The second-order valence-electron chi connectivity index (χ2n) is 7.35. The Kier molecular flexibility index (Phi) is 5.26. The van der Waals surface area contributed by atoms with E-state index in [-0.39, 0.29) is 5.91 Å². The standard InChI is InChI=1S/C22H26N4O/c1-2-13-24-14-16-25(17-15-24)22(27)21-19-11-7-4-8-12-20(19)26(23-21)18-9-5-3-6-10-18/h1,3,5-6,9-10H,4,7-8,11-17H2. The summed E-state index contributed by atoms with van der Waals surface area (Å²) in [5.41, 5.74) is 4.06. The van der Waals surface area contributed by atoms with Gasteiger partial charge in [-0.1, -0.05) is 30.5 Å². The highest BCUT2D eigenvalue weighted by molar-refractivity contribution is 5.94. The number of terminal acetylenes is 1. The van der Waals surface area contributed by atoms with Crippen LogP contribution in [0.3, 0.4) is 0 Å². The highest BCUT2D eigenvalue weighted by Gasteiger charge is 2.29. The van der Waals surface area contributed by atoms with Gasteiger partial charge in [0.1, 0.15) is 0 Å². The third kappa shape index (κ3) is 3.63. The van der Waals surface area contributed by atoms with E-state index in [4.69, 9.17) is 11.5 Å². The van der Waals surface area contributed by atoms with Crippen molar-refractivity contribution in [2.45, 2.75) is 32.1 Å². The van der Waals surface area contributed by atoms with E-state index >= 15 is 0 Å². The number of carbonyl (C=O) groups excluding carboxylic acids is 1. The number of rotatable bonds is 3. The van der Waals surface area contributed by atoms with Crippen molar-refractivity contribution in [2.24, 2.45) is 0 Å². The van der Waals surface area contributed by atoms with Crippen LogP contribution in [0.5, 0.6) is 0 Å². The smallest absolute Gasteiger partial charge is 0.274 e. The van der Waals surface area contributed by atoms with Crippen LogP contribution in [0.25, 0.3) is 5.69 Å². The van der Waals surface area contributed by atoms with E-state index in [0.29, 0.717) is 25.3 Å². The van der Waals surface area contributed by atoms with Crippen LogP contribution >= 0.6 is 0 Å². The van der Waals surface area contributed by atoms with Crippen molar-refractivity contribution in [1.82, 2.24) is 19.6 Å². The van der Waals surface area contributed by atoms with Gasteiger partial charge in [-0.25, -0.2) is 4.68 Å². The maximum Gasteiger partial charge on any atom is 0.274 e. The molecule has 2 heterocycles. The fourth-order valence-electron chi connectivity index (χ4n) is 4.12. The number of nitrogens with zero attached hydrogens (tertiary/aromatic N) is 4. The number of piperazine rings is 1. The van der Waals surface area contributed by atoms with Crippen molar-refractivity contribution in [3.8, 4) is 18.0 Å². The summed E-state index contributed by atoms with van der Waals surface area (Å²) in [6.45, 7) is 3.75. The zero-order chi connectivity index (χ0) is 18.6. The second kappa shape index (κ2) is 7.98. The molecular weight excluding hydrogens is 336 g/mol. The molecule has 1 aliphatic heterocycles. The number of hydrogen-bond donors (Lipinski definition) is 0. The lowest BCUT2D eigenvalue weighted by Gasteiger charge is -2.33. The Morgan fingerprint density at radius 2 is 1.78 bits per heavy atom. The molecule has 1 amide bonds. The molecule has 0 saturated carbocycles. The van der Waals surface area contributed by atoms with E-state index in [2.05, 4.69) is 23.0 Å². The van der Waals surface area contributed by atoms with Crippen molar-refractivity contribution >= 4 is 5.91 Å². The first kappa shape index (κ1) is 17.8. The van der Waals surface area contributed by atoms with Gasteiger partial charge < -0.3 is 4.90 Å². The number of hydrogen-bond acceptors (Lipinski definition) is 3. The van der Waals surface area contributed by atoms with Gasteiger partial charge in [-0.3, -0.25) is 9.69 Å². The molecule has 1 aliphatic carbocycles. The summed E-state index contributed by atoms with van der Waals surface area (Å²) in [5, 5.41) is 4.81. The average Bonchev–Trinajstić information content (AvgIpc) is 2.90. The lowest BCUT2D eigenvalue weighted by atomic mass is 10.1. The minimum absolute atomic E-state index is 0.0724. The van der Waals surface area contributed by atoms with Crippen LogP contribution in [0.1, 0.15) is 41.0 Å². The van der Waals surface area contributed by atoms with Crippen molar-refractivity contribution in [3.63, 3.8) is 0 Å². The van der Waals surface area contributed by atoms with Gasteiger partial charge in [0, 0.05) is 37.4 Å². The molecule has 5 heteroatoms. The van der Waals surface area contributed by atoms with E-state index in [9.17, 15) is 4.79 Å². The quantitative estimate of drug-likeness (QED) is 0.622. The number of amides is 1. The number of aromatic nitrogens is 2. The number of benzene rings is 1. The van der Waals surface area contributed by atoms with Gasteiger partial charge in [0.15, 0.2) is 5.69 Å². The fourth-order valence-corrected chi connectivity index (χ4v) is 4.12. The van der Waals surface area contributed by atoms with Gasteiger partial charge in [-0.05, 0) is 37.8 Å². The molecule has 0 radical (unpaired) electrons. The largest absolute Gasteiger partial charge is 0.335 e. The van der Waals surface area contributed by atoms with Gasteiger partial charge >= 0.3 is 0 Å². The number of carbonyl (C=O) groups is 1. The molecule has 2 aliphatic rings. The van der Waals surface area contributed by atoms with Crippen LogP contribution in [-0.2, 0) is 12.8 Å². The summed E-state index contributed by atoms with van der Waals surface area (Å²) in [7, 11) is 0. The Balaban J connectivity index is 1.64. The normalized spacial score (nSPS) is 17.8. The molecule has 0 unspecified atom stereocenters. The molecule has 5 nitrogen and oxygen atoms in total. The molecule has 2 aromatic rings. The molecule has 1 fully saturated rings. The molecule has 0 spiro atoms. The van der Waals surface area contributed by atoms with Crippen molar-refractivity contribution in [2.75, 3.05) is 32.7 Å². The average molecular weight is 362 g/mol. The molecule has 1 aromatic heterocycles. The van der Waals surface area contributed by atoms with Gasteiger partial charge in [-0.15, -0.1) is 6.42 Å². The maximum absolute atomic E-state index is 13.3. The summed E-state index contributed by atoms with van der Waals surface area (Å²) >= 11 is 0. The first-order valence-corrected chi connectivity index (χ1v) is 9.89. The molecule has 4 rings (SSSR count). The summed E-state index contributed by atoms with van der Waals surface area (Å²) in [5.74, 6) is 2.76. The van der Waals surface area contributed by atoms with Crippen LogP contribution in [0.2, 0.25) is 0 Å². The van der Waals surface area contributed by atoms with E-state index in [1.807, 2.05) is 27.8 Å². The minimum atomic E-state index is 0.0724. The third-order valence-corrected chi connectivity index (χ3v) is 5.61. The highest BCUT2D eigenvalue weighted by Crippen LogP contribution is 2.27. The van der Waals surface area contributed by atoms with E-state index < -0.39 is 0 Å². The molecule has 27 heavy (non-hydrogen) atoms. The molecular formula is C22H26N4O. The summed E-state index contributed by atoms with van der Waals surface area (Å²) in [6, 6.07) is 10.2. The van der Waals surface area contributed by atoms with Gasteiger partial charge in [-0.2, -0.15) is 5.10 Å². The topological polar surface area (TPSA) is 41.4 Å². The van der Waals surface area contributed by atoms with Crippen molar-refractivity contribution in [1.29, 1.82) is 0 Å². The third-order valence-electron chi connectivity index (χ3n) is 5.61. The first-order valence-electron chi connectivity index (χ1n) is 9.89. The van der Waals surface area contributed by atoms with E-state index in [1.165, 1.54) is 12.1 Å². The Hall–Kier alpha value is -2.58. The second-order valence-corrected chi connectivity index (χ2v) is 7.35. The molecule has 1 aromatic carbocycles. The zero-order valence-corrected chi connectivity index (χ0v) is 15.7. The molecule has 0 N–H and O–H groups in total. The van der Waals surface area contributed by atoms with Crippen molar-refractivity contribution in [3.05, 3.63) is 47.3 Å². The summed E-state index contributed by atoms with van der Waals surface area (Å²) < 4.78 is 2.00. The Morgan fingerprint density at radius 3 is 2.52 bits per heavy atom. The van der Waals surface area contributed by atoms with Crippen LogP contribution in [0.15, 0.2) is 30.3 Å². The van der Waals surface area contributed by atoms with Crippen LogP contribution in [0.4, 0.5) is 0 Å². The van der Waals surface area contributed by atoms with Gasteiger partial charge in [0.2, 0.25) is 0 Å². The highest BCUT2D eigenvalue weighted by atomic mass is 16.2. The van der Waals surface area contributed by atoms with E-state index in [1.54, 1.807) is 0 Å². The lowest BCUT2D eigenvalue weighted by molar-refractivity contribution is 0.0644. The molecule has 140 valence electrons. The van der Waals surface area contributed by atoms with E-state index in [0.717, 1.165) is 50.0 Å². The summed E-state index contributed by atoms with van der Waals surface area (Å²) in [4.78, 5) is 17.4. The number of para-hydroxylation sites is 1. The van der Waals surface area contributed by atoms with Gasteiger partial charge in [0.05, 0.1) is 12.2 Å². The Bertz CT molecular complexity index is 841. The van der Waals surface area contributed by atoms with Crippen LogP contribution < -0.4 is 0 Å². The van der Waals surface area contributed by atoms with Crippen LogP contribution in [-0.4, -0.2) is 58.2 Å². The molecule has 1 saturated heterocycles. The molecule has 0 atom stereocenters. The Morgan fingerprint density at radius 1 is 1.04 bits per heavy atom. The predicted molar refractivity (Wildman–Crippen MR) is 106 cm³/mol. The first-order chi connectivity index (χ1) is 13.3. The van der Waals surface area contributed by atoms with Gasteiger partial charge in [0.25, 0.3) is 5.91 Å². The van der Waals surface area contributed by atoms with Crippen LogP contribution in [0, 0.1) is 12.3 Å². The summed E-state index contributed by atoms with van der Waals surface area (Å²) in [6.07, 6.45) is 10.8. The lowest BCUT2D eigenvalue weighted by Crippen LogP contribution is -2.48.